The fourth-order valence-corrected chi connectivity index (χ4v) is 5.08. The van der Waals surface area contributed by atoms with Crippen LogP contribution >= 0.6 is 11.6 Å². The van der Waals surface area contributed by atoms with Crippen LogP contribution in [0.4, 0.5) is 11.5 Å². The van der Waals surface area contributed by atoms with E-state index >= 15 is 0 Å². The largest absolute Gasteiger partial charge is 0.479 e. The highest BCUT2D eigenvalue weighted by Crippen LogP contribution is 2.35. The third kappa shape index (κ3) is 7.43. The van der Waals surface area contributed by atoms with E-state index in [1.807, 2.05) is 0 Å². The zero-order valence-corrected chi connectivity index (χ0v) is 24.6. The number of benzene rings is 1. The lowest BCUT2D eigenvalue weighted by Crippen LogP contribution is -2.61. The van der Waals surface area contributed by atoms with Crippen molar-refractivity contribution in [1.82, 2.24) is 9.88 Å². The number of nitrogens with zero attached hydrogens (tertiary/aromatic N) is 2. The number of hydrogen-bond acceptors (Lipinski definition) is 11. The Kier molecular flexibility index (Phi) is 10.4. The van der Waals surface area contributed by atoms with Gasteiger partial charge in [0.1, 0.15) is 29.9 Å². The van der Waals surface area contributed by atoms with Gasteiger partial charge in [0.15, 0.2) is 6.10 Å². The third-order valence-corrected chi connectivity index (χ3v) is 7.76. The molecule has 5 atom stereocenters. The van der Waals surface area contributed by atoms with E-state index < -0.39 is 66.1 Å². The lowest BCUT2D eigenvalue weighted by atomic mass is 9.94. The van der Waals surface area contributed by atoms with E-state index in [2.05, 4.69) is 34.4 Å². The number of aliphatic carboxylic acids is 1. The van der Waals surface area contributed by atoms with Crippen molar-refractivity contribution in [2.24, 2.45) is 11.7 Å². The minimum Gasteiger partial charge on any atom is -0.479 e. The highest BCUT2D eigenvalue weighted by molar-refractivity contribution is 6.30. The molecule has 3 amide bonds. The van der Waals surface area contributed by atoms with Crippen molar-refractivity contribution in [3.8, 4) is 5.75 Å². The van der Waals surface area contributed by atoms with Gasteiger partial charge in [-0.1, -0.05) is 11.6 Å². The number of nitrogens with one attached hydrogen (secondary N) is 2. The summed E-state index contributed by atoms with van der Waals surface area (Å²) in [5, 5.41) is 45.9. The summed E-state index contributed by atoms with van der Waals surface area (Å²) in [6, 6.07) is 5.38. The Hall–Kier alpha value is -3.86. The Morgan fingerprint density at radius 1 is 1.07 bits per heavy atom. The molecular formula is C28H34ClN5O10. The summed E-state index contributed by atoms with van der Waals surface area (Å²) in [5.41, 5.74) is 4.72. The number of likely N-dealkylation sites (tertiary alicyclic amines) is 1. The van der Waals surface area contributed by atoms with Gasteiger partial charge >= 0.3 is 5.97 Å². The minimum atomic E-state index is -2.00. The average molecular weight is 636 g/mol. The van der Waals surface area contributed by atoms with E-state index in [0.29, 0.717) is 37.0 Å². The molecule has 3 heterocycles. The first-order valence-electron chi connectivity index (χ1n) is 13.8. The Bertz CT molecular complexity index is 1400. The highest BCUT2D eigenvalue weighted by Gasteiger charge is 2.48. The predicted octanol–water partition coefficient (Wildman–Crippen LogP) is 0.416. The van der Waals surface area contributed by atoms with Gasteiger partial charge in [0.25, 0.3) is 5.91 Å². The van der Waals surface area contributed by atoms with Gasteiger partial charge in [-0.2, -0.15) is 0 Å². The zero-order valence-electron chi connectivity index (χ0n) is 23.8. The molecule has 15 nitrogen and oxygen atoms in total. The number of aliphatic hydroxyl groups is 3. The van der Waals surface area contributed by atoms with Gasteiger partial charge in [-0.05, 0) is 64.0 Å². The van der Waals surface area contributed by atoms with Crippen LogP contribution in [-0.4, -0.2) is 104 Å². The Morgan fingerprint density at radius 2 is 1.75 bits per heavy atom. The molecular weight excluding hydrogens is 602 g/mol. The van der Waals surface area contributed by atoms with Gasteiger partial charge in [0.2, 0.25) is 18.1 Å². The molecule has 44 heavy (non-hydrogen) atoms. The number of amides is 3. The quantitative estimate of drug-likeness (QED) is 0.199. The normalized spacial score (nSPS) is 24.5. The molecule has 238 valence electrons. The maximum absolute atomic E-state index is 13.5. The number of hydrogen-bond donors (Lipinski definition) is 7. The Balaban J connectivity index is 1.74. The number of piperidine rings is 1. The summed E-state index contributed by atoms with van der Waals surface area (Å²) >= 11 is 5.88. The molecule has 2 aliphatic rings. The van der Waals surface area contributed by atoms with E-state index in [-0.39, 0.29) is 22.6 Å². The number of carboxylic acids is 1. The predicted molar refractivity (Wildman–Crippen MR) is 155 cm³/mol. The number of aromatic nitrogens is 1. The van der Waals surface area contributed by atoms with E-state index in [1.165, 1.54) is 18.3 Å². The van der Waals surface area contributed by atoms with E-state index in [9.17, 15) is 39.6 Å². The first-order valence-corrected chi connectivity index (χ1v) is 14.2. The van der Waals surface area contributed by atoms with Gasteiger partial charge < -0.3 is 51.2 Å². The first-order chi connectivity index (χ1) is 20.8. The van der Waals surface area contributed by atoms with Crippen LogP contribution in [0.5, 0.6) is 5.75 Å². The fraction of sp³-hybridized carbons (Fsp3) is 0.464. The van der Waals surface area contributed by atoms with Crippen LogP contribution in [0.15, 0.2) is 30.5 Å². The molecule has 0 spiro atoms. The van der Waals surface area contributed by atoms with Gasteiger partial charge in [0, 0.05) is 23.7 Å². The monoisotopic (exact) mass is 635 g/mol. The molecule has 0 unspecified atom stereocenters. The summed E-state index contributed by atoms with van der Waals surface area (Å²) < 4.78 is 11.0. The fourth-order valence-electron chi connectivity index (χ4n) is 4.97. The van der Waals surface area contributed by atoms with Crippen molar-refractivity contribution in [2.75, 3.05) is 23.7 Å². The van der Waals surface area contributed by atoms with Crippen LogP contribution in [-0.2, 0) is 14.3 Å². The molecule has 2 aliphatic heterocycles. The van der Waals surface area contributed by atoms with Crippen LogP contribution < -0.4 is 21.1 Å². The average Bonchev–Trinajstić information content (AvgIpc) is 2.98. The molecule has 2 saturated heterocycles. The van der Waals surface area contributed by atoms with Gasteiger partial charge in [0.05, 0.1) is 16.3 Å². The lowest BCUT2D eigenvalue weighted by molar-refractivity contribution is -0.271. The molecule has 0 radical (unpaired) electrons. The number of pyridine rings is 1. The van der Waals surface area contributed by atoms with E-state index in [4.69, 9.17) is 26.8 Å². The Labute approximate surface area is 256 Å². The van der Waals surface area contributed by atoms with Crippen LogP contribution in [0.2, 0.25) is 5.02 Å². The van der Waals surface area contributed by atoms with Crippen LogP contribution in [0.3, 0.4) is 0 Å². The SMILES string of the molecule is CC(C)N1CCC(C(=O)Nc2c(O[C@@H]3O[C@H](C(=O)O)[C@@H](O)[C@H](O)[C@H]3O)cc(C(N)=O)cc2C(=O)Nc2ccc(Cl)cn2)CC1. The minimum absolute atomic E-state index is 0.0807. The molecule has 1 aromatic carbocycles. The van der Waals surface area contributed by atoms with Crippen molar-refractivity contribution in [1.29, 1.82) is 0 Å². The summed E-state index contributed by atoms with van der Waals surface area (Å²) in [6.07, 6.45) is -7.57. The van der Waals surface area contributed by atoms with Crippen molar-refractivity contribution in [3.63, 3.8) is 0 Å². The molecule has 2 fully saturated rings. The van der Waals surface area contributed by atoms with Crippen molar-refractivity contribution >= 4 is 46.8 Å². The van der Waals surface area contributed by atoms with Gasteiger partial charge in [-0.15, -0.1) is 0 Å². The highest BCUT2D eigenvalue weighted by atomic mass is 35.5. The number of primary amides is 1. The molecule has 8 N–H and O–H groups in total. The number of carbonyl (C=O) groups is 4. The maximum Gasteiger partial charge on any atom is 0.335 e. The number of carbonyl (C=O) groups excluding carboxylic acids is 3. The number of anilines is 2. The molecule has 0 bridgehead atoms. The molecule has 0 saturated carbocycles. The van der Waals surface area contributed by atoms with Crippen LogP contribution in [0.25, 0.3) is 0 Å². The number of rotatable bonds is 9. The summed E-state index contributed by atoms with van der Waals surface area (Å²) in [6.45, 7) is 5.43. The number of aliphatic hydroxyl groups excluding tert-OH is 3. The Morgan fingerprint density at radius 3 is 2.32 bits per heavy atom. The second-order valence-electron chi connectivity index (χ2n) is 10.8. The van der Waals surface area contributed by atoms with Crippen molar-refractivity contribution in [3.05, 3.63) is 46.6 Å². The third-order valence-electron chi connectivity index (χ3n) is 7.54. The lowest BCUT2D eigenvalue weighted by Gasteiger charge is -2.38. The van der Waals surface area contributed by atoms with E-state index in [0.717, 1.165) is 12.1 Å². The maximum atomic E-state index is 13.5. The molecule has 16 heteroatoms. The summed E-state index contributed by atoms with van der Waals surface area (Å²) in [7, 11) is 0. The first kappa shape index (κ1) is 33.0. The van der Waals surface area contributed by atoms with Crippen molar-refractivity contribution in [2.45, 2.75) is 63.4 Å². The summed E-state index contributed by atoms with van der Waals surface area (Å²) in [4.78, 5) is 57.2. The number of carboxylic acid groups (broad SMARTS) is 1. The number of ether oxygens (including phenoxy) is 2. The zero-order chi connectivity index (χ0) is 32.3. The topological polar surface area (TPSA) is 234 Å². The molecule has 2 aromatic rings. The molecule has 4 rings (SSSR count). The van der Waals surface area contributed by atoms with Crippen molar-refractivity contribution < 1.29 is 49.1 Å². The summed E-state index contributed by atoms with van der Waals surface area (Å²) in [5.74, 6) is -4.73. The smallest absolute Gasteiger partial charge is 0.335 e. The van der Waals surface area contributed by atoms with E-state index in [1.54, 1.807) is 0 Å². The standard InChI is InChI=1S/C28H34ClN5O10/c1-12(2)34-7-5-13(6-8-34)25(39)33-19-16(26(40)32-18-4-3-15(29)11-31-18)9-14(24(30)38)10-17(19)43-28-22(37)20(35)21(36)23(44-28)27(41)42/h3-4,9-13,20-23,28,35-37H,5-8H2,1-2H3,(H2,30,38)(H,33,39)(H,41,42)(H,31,32,40)/t20-,21-,22+,23-,28+/m0/s1. The number of nitrogens with two attached hydrogens (primary N) is 1. The van der Waals surface area contributed by atoms with Crippen LogP contribution in [0.1, 0.15) is 47.4 Å². The number of halogens is 1. The van der Waals surface area contributed by atoms with Gasteiger partial charge in [-0.25, -0.2) is 9.78 Å². The second-order valence-corrected chi connectivity index (χ2v) is 11.3. The van der Waals surface area contributed by atoms with Gasteiger partial charge in [-0.3, -0.25) is 14.4 Å². The molecule has 0 aliphatic carbocycles. The second kappa shape index (κ2) is 13.8. The molecule has 1 aromatic heterocycles. The van der Waals surface area contributed by atoms with Crippen LogP contribution in [0, 0.1) is 5.92 Å².